The van der Waals surface area contributed by atoms with Crippen molar-refractivity contribution in [3.05, 3.63) is 0 Å². The molecule has 3 nitrogen and oxygen atoms in total. The molecule has 0 saturated heterocycles. The molecule has 86 valence electrons. The molecule has 0 bridgehead atoms. The molecule has 14 heavy (non-hydrogen) atoms. The number of hydrogen-bond acceptors (Lipinski definition) is 3. The zero-order valence-corrected chi connectivity index (χ0v) is 11.1. The van der Waals surface area contributed by atoms with Gasteiger partial charge in [0.1, 0.15) is 0 Å². The highest BCUT2D eigenvalue weighted by Crippen LogP contribution is 2.50. The Kier molecular flexibility index (Phi) is 5.35. The van der Waals surface area contributed by atoms with Crippen molar-refractivity contribution in [3.63, 3.8) is 0 Å². The predicted octanol–water partition coefficient (Wildman–Crippen LogP) is 3.69. The first-order valence-corrected chi connectivity index (χ1v) is 6.90. The Morgan fingerprint density at radius 2 is 1.79 bits per heavy atom. The van der Waals surface area contributed by atoms with E-state index in [9.17, 15) is 4.57 Å². The highest BCUT2D eigenvalue weighted by atomic mass is 31.2. The normalized spacial score (nSPS) is 19.0. The van der Waals surface area contributed by atoms with Crippen molar-refractivity contribution in [2.45, 2.75) is 47.6 Å². The van der Waals surface area contributed by atoms with Crippen LogP contribution in [0.2, 0.25) is 0 Å². The third kappa shape index (κ3) is 4.59. The number of rotatable bonds is 5. The summed E-state index contributed by atoms with van der Waals surface area (Å²) in [6.07, 6.45) is 0.362. The Balaban J connectivity index is 4.39. The van der Waals surface area contributed by atoms with Gasteiger partial charge in [-0.2, -0.15) is 0 Å². The molecule has 0 rings (SSSR count). The van der Waals surface area contributed by atoms with E-state index in [2.05, 4.69) is 20.8 Å². The summed E-state index contributed by atoms with van der Waals surface area (Å²) in [4.78, 5) is 0. The van der Waals surface area contributed by atoms with Gasteiger partial charge in [-0.25, -0.2) is 0 Å². The van der Waals surface area contributed by atoms with E-state index in [1.54, 1.807) is 0 Å². The minimum absolute atomic E-state index is 0.0120. The fraction of sp³-hybridized carbons (Fsp3) is 1.00. The fourth-order valence-electron chi connectivity index (χ4n) is 0.792. The van der Waals surface area contributed by atoms with Crippen LogP contribution >= 0.6 is 7.60 Å². The van der Waals surface area contributed by atoms with Gasteiger partial charge in [0.25, 0.3) is 0 Å². The van der Waals surface area contributed by atoms with Gasteiger partial charge >= 0.3 is 7.60 Å². The molecule has 0 saturated carbocycles. The monoisotopic (exact) mass is 222 g/mol. The predicted molar refractivity (Wildman–Crippen MR) is 59.8 cm³/mol. The maximum absolute atomic E-state index is 12.0. The molecule has 2 unspecified atom stereocenters. The van der Waals surface area contributed by atoms with Gasteiger partial charge in [-0.05, 0) is 19.3 Å². The molecule has 0 fully saturated rings. The average molecular weight is 222 g/mol. The highest BCUT2D eigenvalue weighted by molar-refractivity contribution is 7.53. The second-order valence-electron chi connectivity index (χ2n) is 4.46. The molecule has 0 amide bonds. The lowest BCUT2D eigenvalue weighted by molar-refractivity contribution is 0.0797. The standard InChI is InChI=1S/C10H23O3P/c1-7-12-14(11,8-2)13-9(3)10(4,5)6/h9H,7-8H2,1-6H3. The Morgan fingerprint density at radius 1 is 1.29 bits per heavy atom. The Morgan fingerprint density at radius 3 is 2.07 bits per heavy atom. The lowest BCUT2D eigenvalue weighted by Gasteiger charge is -2.30. The van der Waals surface area contributed by atoms with Crippen LogP contribution < -0.4 is 0 Å². The van der Waals surface area contributed by atoms with E-state index in [-0.39, 0.29) is 11.5 Å². The van der Waals surface area contributed by atoms with Crippen LogP contribution in [0.15, 0.2) is 0 Å². The van der Waals surface area contributed by atoms with Crippen molar-refractivity contribution in [2.75, 3.05) is 12.8 Å². The summed E-state index contributed by atoms with van der Waals surface area (Å²) in [7, 11) is -2.85. The van der Waals surface area contributed by atoms with Gasteiger partial charge in [-0.3, -0.25) is 4.57 Å². The Bertz CT molecular complexity index is 208. The van der Waals surface area contributed by atoms with Crippen molar-refractivity contribution in [1.29, 1.82) is 0 Å². The quantitative estimate of drug-likeness (QED) is 0.665. The second kappa shape index (κ2) is 5.29. The van der Waals surface area contributed by atoms with Crippen LogP contribution in [0, 0.1) is 5.41 Å². The van der Waals surface area contributed by atoms with Crippen molar-refractivity contribution in [2.24, 2.45) is 5.41 Å². The third-order valence-corrected chi connectivity index (χ3v) is 4.32. The molecule has 2 atom stereocenters. The topological polar surface area (TPSA) is 35.5 Å². The smallest absolute Gasteiger partial charge is 0.309 e. The van der Waals surface area contributed by atoms with Crippen LogP contribution in [-0.2, 0) is 13.6 Å². The van der Waals surface area contributed by atoms with Crippen molar-refractivity contribution in [3.8, 4) is 0 Å². The number of hydrogen-bond donors (Lipinski definition) is 0. The molecule has 0 radical (unpaired) electrons. The molecule has 0 spiro atoms. The maximum atomic E-state index is 12.0. The van der Waals surface area contributed by atoms with E-state index < -0.39 is 7.60 Å². The van der Waals surface area contributed by atoms with Crippen LogP contribution in [0.4, 0.5) is 0 Å². The molecule has 0 N–H and O–H groups in total. The van der Waals surface area contributed by atoms with Gasteiger partial charge < -0.3 is 9.05 Å². The lowest BCUT2D eigenvalue weighted by atomic mass is 9.91. The largest absolute Gasteiger partial charge is 0.330 e. The van der Waals surface area contributed by atoms with Crippen LogP contribution in [0.1, 0.15) is 41.5 Å². The fourth-order valence-corrected chi connectivity index (χ4v) is 2.38. The summed E-state index contributed by atoms with van der Waals surface area (Å²) < 4.78 is 22.7. The summed E-state index contributed by atoms with van der Waals surface area (Å²) in [6.45, 7) is 12.2. The van der Waals surface area contributed by atoms with Gasteiger partial charge in [0.15, 0.2) is 0 Å². The summed E-state index contributed by atoms with van der Waals surface area (Å²) in [6, 6.07) is 0. The Hall–Kier alpha value is 0.150. The molecule has 0 aromatic carbocycles. The average Bonchev–Trinajstić information content (AvgIpc) is 2.03. The molecular weight excluding hydrogens is 199 g/mol. The first-order valence-electron chi connectivity index (χ1n) is 5.17. The first-order chi connectivity index (χ1) is 6.25. The molecule has 0 aliphatic rings. The molecular formula is C10H23O3P. The first kappa shape index (κ1) is 14.2. The van der Waals surface area contributed by atoms with E-state index in [1.807, 2.05) is 20.8 Å². The molecule has 0 aliphatic heterocycles. The van der Waals surface area contributed by atoms with E-state index >= 15 is 0 Å². The van der Waals surface area contributed by atoms with Crippen LogP contribution in [0.5, 0.6) is 0 Å². The molecule has 4 heteroatoms. The lowest BCUT2D eigenvalue weighted by Crippen LogP contribution is -2.25. The highest BCUT2D eigenvalue weighted by Gasteiger charge is 2.30. The third-order valence-electron chi connectivity index (χ3n) is 2.25. The van der Waals surface area contributed by atoms with Crippen molar-refractivity contribution < 1.29 is 13.6 Å². The van der Waals surface area contributed by atoms with Gasteiger partial charge in [-0.1, -0.05) is 27.7 Å². The van der Waals surface area contributed by atoms with Crippen LogP contribution in [0.3, 0.4) is 0 Å². The van der Waals surface area contributed by atoms with Crippen LogP contribution in [-0.4, -0.2) is 18.9 Å². The van der Waals surface area contributed by atoms with Crippen LogP contribution in [0.25, 0.3) is 0 Å². The van der Waals surface area contributed by atoms with Crippen molar-refractivity contribution in [1.82, 2.24) is 0 Å². The minimum atomic E-state index is -2.85. The molecule has 0 aliphatic carbocycles. The van der Waals surface area contributed by atoms with Gasteiger partial charge in [0.2, 0.25) is 0 Å². The van der Waals surface area contributed by atoms with E-state index in [1.165, 1.54) is 0 Å². The van der Waals surface area contributed by atoms with Gasteiger partial charge in [0.05, 0.1) is 12.7 Å². The van der Waals surface area contributed by atoms with Gasteiger partial charge in [-0.15, -0.1) is 0 Å². The summed E-state index contributed by atoms with van der Waals surface area (Å²) >= 11 is 0. The molecule has 0 heterocycles. The Labute approximate surface area is 87.7 Å². The molecule has 0 aromatic heterocycles. The minimum Gasteiger partial charge on any atom is -0.309 e. The zero-order chi connectivity index (χ0) is 11.4. The van der Waals surface area contributed by atoms with E-state index in [4.69, 9.17) is 9.05 Å². The zero-order valence-electron chi connectivity index (χ0n) is 10.2. The molecule has 0 aromatic rings. The maximum Gasteiger partial charge on any atom is 0.330 e. The summed E-state index contributed by atoms with van der Waals surface area (Å²) in [5.74, 6) is 0. The summed E-state index contributed by atoms with van der Waals surface area (Å²) in [5.41, 5.74) is -0.0120. The SMILES string of the molecule is CCOP(=O)(CC)OC(C)C(C)(C)C. The van der Waals surface area contributed by atoms with E-state index in [0.717, 1.165) is 0 Å². The van der Waals surface area contributed by atoms with Crippen molar-refractivity contribution >= 4 is 7.60 Å². The van der Waals surface area contributed by atoms with Gasteiger partial charge in [0, 0.05) is 6.16 Å². The van der Waals surface area contributed by atoms with E-state index in [0.29, 0.717) is 12.8 Å². The second-order valence-corrected chi connectivity index (χ2v) is 6.78. The summed E-state index contributed by atoms with van der Waals surface area (Å²) in [5, 5.41) is 0.